The first-order valence-electron chi connectivity index (χ1n) is 22.0. The lowest BCUT2D eigenvalue weighted by atomic mass is 9.83. The second kappa shape index (κ2) is 13.5. The molecule has 296 valence electrons. The van der Waals surface area contributed by atoms with E-state index in [9.17, 15) is 0 Å². The Kier molecular flexibility index (Phi) is 7.43. The van der Waals surface area contributed by atoms with Crippen LogP contribution in [0.5, 0.6) is 0 Å². The van der Waals surface area contributed by atoms with E-state index in [1.807, 2.05) is 12.1 Å². The highest BCUT2D eigenvalue weighted by atomic mass is 16.3. The maximum Gasteiger partial charge on any atom is 0.136 e. The van der Waals surface area contributed by atoms with E-state index < -0.39 is 0 Å². The Bertz CT molecular complexity index is 4200. The zero-order chi connectivity index (χ0) is 41.9. The van der Waals surface area contributed by atoms with Gasteiger partial charge in [0, 0.05) is 21.5 Å². The van der Waals surface area contributed by atoms with Crippen molar-refractivity contribution in [2.45, 2.75) is 0 Å². The van der Waals surface area contributed by atoms with Crippen LogP contribution in [0.1, 0.15) is 0 Å². The molecule has 12 aromatic carbocycles. The minimum Gasteiger partial charge on any atom is -0.456 e. The molecular formula is C62H36O2. The van der Waals surface area contributed by atoms with Crippen LogP contribution in [0.15, 0.2) is 227 Å². The monoisotopic (exact) mass is 812 g/mol. The fourth-order valence-electron chi connectivity index (χ4n) is 10.8. The van der Waals surface area contributed by atoms with Crippen LogP contribution in [0.3, 0.4) is 0 Å². The van der Waals surface area contributed by atoms with Gasteiger partial charge in [0.25, 0.3) is 0 Å². The number of furan rings is 2. The van der Waals surface area contributed by atoms with E-state index in [-0.39, 0.29) is 0 Å². The van der Waals surface area contributed by atoms with Gasteiger partial charge in [0.2, 0.25) is 0 Å². The van der Waals surface area contributed by atoms with Crippen molar-refractivity contribution < 1.29 is 8.83 Å². The predicted octanol–water partition coefficient (Wildman–Crippen LogP) is 17.9. The SMILES string of the molecule is c1cc(-c2ccc3ccccc3c2)cc(-c2c3ccccc3c(-c3ccc(-c4cc5oc6cc7c(cc6c5c5ccccc45)oc4ccccc47)c4ccccc34)c3ccccc23)c1. The standard InChI is InChI=1S/C62H36O2/c1-2-15-38-32-40(29-28-37(38)14-1)39-16-13-17-41(33-39)60-48-23-7-9-25-50(48)61(51-26-10-8-24-49(51)60)52-31-30-45(42-18-3-4-19-43(42)52)53-34-59-62(47-22-6-5-20-44(47)53)55-36-57-54(35-58(55)64-59)46-21-11-12-27-56(46)63-57/h1-36H. The second-order valence-corrected chi connectivity index (χ2v) is 17.1. The number of hydrogen-bond acceptors (Lipinski definition) is 2. The minimum absolute atomic E-state index is 0.860. The third-order valence-corrected chi connectivity index (χ3v) is 13.6. The Morgan fingerprint density at radius 2 is 0.734 bits per heavy atom. The quantitative estimate of drug-likeness (QED) is 0.166. The van der Waals surface area contributed by atoms with Gasteiger partial charge in [-0.05, 0) is 135 Å². The fraction of sp³-hybridized carbons (Fsp3) is 0. The molecule has 0 amide bonds. The molecule has 14 aromatic rings. The lowest BCUT2D eigenvalue weighted by molar-refractivity contribution is 0.664. The smallest absolute Gasteiger partial charge is 0.136 e. The van der Waals surface area contributed by atoms with Crippen LogP contribution in [-0.2, 0) is 0 Å². The molecule has 0 saturated carbocycles. The average Bonchev–Trinajstić information content (AvgIpc) is 3.91. The molecule has 2 nitrogen and oxygen atoms in total. The Hall–Kier alpha value is -8.46. The Balaban J connectivity index is 0.975. The number of para-hydroxylation sites is 1. The van der Waals surface area contributed by atoms with Gasteiger partial charge in [0.15, 0.2) is 0 Å². The Morgan fingerprint density at radius 3 is 1.48 bits per heavy atom. The predicted molar refractivity (Wildman–Crippen MR) is 270 cm³/mol. The molecular weight excluding hydrogens is 777 g/mol. The topological polar surface area (TPSA) is 26.3 Å². The van der Waals surface area contributed by atoms with Crippen LogP contribution < -0.4 is 0 Å². The summed E-state index contributed by atoms with van der Waals surface area (Å²) in [5.41, 5.74) is 13.2. The van der Waals surface area contributed by atoms with E-state index in [0.29, 0.717) is 0 Å². The first kappa shape index (κ1) is 35.2. The van der Waals surface area contributed by atoms with Gasteiger partial charge in [-0.1, -0.05) is 182 Å². The zero-order valence-corrected chi connectivity index (χ0v) is 34.6. The van der Waals surface area contributed by atoms with E-state index in [4.69, 9.17) is 8.83 Å². The summed E-state index contributed by atoms with van der Waals surface area (Å²) >= 11 is 0. The zero-order valence-electron chi connectivity index (χ0n) is 34.6. The van der Waals surface area contributed by atoms with Gasteiger partial charge in [-0.25, -0.2) is 0 Å². The molecule has 0 radical (unpaired) electrons. The summed E-state index contributed by atoms with van der Waals surface area (Å²) in [5.74, 6) is 0. The largest absolute Gasteiger partial charge is 0.456 e. The van der Waals surface area contributed by atoms with Crippen molar-refractivity contribution >= 4 is 97.7 Å². The molecule has 64 heavy (non-hydrogen) atoms. The van der Waals surface area contributed by atoms with Gasteiger partial charge in [-0.2, -0.15) is 0 Å². The van der Waals surface area contributed by atoms with Crippen LogP contribution in [0.2, 0.25) is 0 Å². The number of benzene rings is 12. The van der Waals surface area contributed by atoms with Crippen LogP contribution in [0, 0.1) is 0 Å². The molecule has 0 N–H and O–H groups in total. The summed E-state index contributed by atoms with van der Waals surface area (Å²) in [4.78, 5) is 0. The average molecular weight is 813 g/mol. The van der Waals surface area contributed by atoms with Crippen molar-refractivity contribution in [3.05, 3.63) is 218 Å². The first-order chi connectivity index (χ1) is 31.7. The molecule has 2 heterocycles. The van der Waals surface area contributed by atoms with Crippen molar-refractivity contribution in [2.75, 3.05) is 0 Å². The summed E-state index contributed by atoms with van der Waals surface area (Å²) in [6.07, 6.45) is 0. The summed E-state index contributed by atoms with van der Waals surface area (Å²) in [6.45, 7) is 0. The molecule has 0 bridgehead atoms. The van der Waals surface area contributed by atoms with Crippen LogP contribution in [0.4, 0.5) is 0 Å². The van der Waals surface area contributed by atoms with Gasteiger partial charge in [0.05, 0.1) is 0 Å². The highest BCUT2D eigenvalue weighted by Crippen LogP contribution is 2.49. The molecule has 0 aliphatic carbocycles. The molecule has 2 heteroatoms. The molecule has 0 aliphatic heterocycles. The van der Waals surface area contributed by atoms with Gasteiger partial charge in [0.1, 0.15) is 22.3 Å². The van der Waals surface area contributed by atoms with E-state index >= 15 is 0 Å². The molecule has 0 spiro atoms. The normalized spacial score (nSPS) is 12.1. The Labute approximate surface area is 367 Å². The van der Waals surface area contributed by atoms with Crippen molar-refractivity contribution in [1.29, 1.82) is 0 Å². The summed E-state index contributed by atoms with van der Waals surface area (Å²) in [5, 5.41) is 16.5. The molecule has 0 unspecified atom stereocenters. The van der Waals surface area contributed by atoms with Crippen molar-refractivity contribution in [3.8, 4) is 44.5 Å². The lowest BCUT2D eigenvalue weighted by Gasteiger charge is -2.20. The molecule has 0 saturated heterocycles. The molecule has 14 rings (SSSR count). The van der Waals surface area contributed by atoms with Crippen molar-refractivity contribution in [3.63, 3.8) is 0 Å². The Morgan fingerprint density at radius 1 is 0.219 bits per heavy atom. The molecule has 2 aromatic heterocycles. The molecule has 0 atom stereocenters. The third kappa shape index (κ3) is 5.14. The van der Waals surface area contributed by atoms with E-state index in [1.165, 1.54) is 87.4 Å². The number of hydrogen-bond donors (Lipinski definition) is 0. The second-order valence-electron chi connectivity index (χ2n) is 17.1. The minimum atomic E-state index is 0.860. The summed E-state index contributed by atoms with van der Waals surface area (Å²) in [6, 6.07) is 79.5. The summed E-state index contributed by atoms with van der Waals surface area (Å²) in [7, 11) is 0. The molecule has 0 fully saturated rings. The highest BCUT2D eigenvalue weighted by Gasteiger charge is 2.22. The van der Waals surface area contributed by atoms with Crippen LogP contribution >= 0.6 is 0 Å². The molecule has 0 aliphatic rings. The number of rotatable bonds is 4. The first-order valence-corrected chi connectivity index (χ1v) is 22.0. The lowest BCUT2D eigenvalue weighted by Crippen LogP contribution is -1.93. The highest BCUT2D eigenvalue weighted by molar-refractivity contribution is 6.27. The van der Waals surface area contributed by atoms with Gasteiger partial charge in [-0.3, -0.25) is 0 Å². The van der Waals surface area contributed by atoms with Crippen LogP contribution in [0.25, 0.3) is 142 Å². The third-order valence-electron chi connectivity index (χ3n) is 13.6. The van der Waals surface area contributed by atoms with Gasteiger partial charge >= 0.3 is 0 Å². The van der Waals surface area contributed by atoms with Gasteiger partial charge < -0.3 is 8.83 Å². The fourth-order valence-corrected chi connectivity index (χ4v) is 10.8. The van der Waals surface area contributed by atoms with E-state index in [1.54, 1.807) is 0 Å². The van der Waals surface area contributed by atoms with E-state index in [0.717, 1.165) is 54.8 Å². The van der Waals surface area contributed by atoms with Crippen molar-refractivity contribution in [1.82, 2.24) is 0 Å². The van der Waals surface area contributed by atoms with E-state index in [2.05, 4.69) is 206 Å². The number of fused-ring (bicyclic) bond motifs is 12. The van der Waals surface area contributed by atoms with Gasteiger partial charge in [-0.15, -0.1) is 0 Å². The van der Waals surface area contributed by atoms with Crippen LogP contribution in [-0.4, -0.2) is 0 Å². The maximum atomic E-state index is 6.81. The summed E-state index contributed by atoms with van der Waals surface area (Å²) < 4.78 is 13.2. The maximum absolute atomic E-state index is 6.81. The van der Waals surface area contributed by atoms with Crippen molar-refractivity contribution in [2.24, 2.45) is 0 Å².